The summed E-state index contributed by atoms with van der Waals surface area (Å²) in [5.74, 6) is 0.943. The maximum atomic E-state index is 11.6. The smallest absolute Gasteiger partial charge is 0.234 e. The number of amides is 1. The molecular weight excluding hydrogens is 240 g/mol. The molecule has 4 nitrogen and oxygen atoms in total. The van der Waals surface area contributed by atoms with Gasteiger partial charge in [-0.25, -0.2) is 0 Å². The fraction of sp³-hybridized carbons (Fsp3) is 0.533. The Labute approximate surface area is 115 Å². The molecule has 1 N–H and O–H groups in total. The van der Waals surface area contributed by atoms with Crippen molar-refractivity contribution in [2.75, 3.05) is 33.3 Å². The number of ether oxygens (including phenoxy) is 1. The van der Waals surface area contributed by atoms with Crippen molar-refractivity contribution >= 4 is 5.91 Å². The quantitative estimate of drug-likeness (QED) is 0.693. The molecule has 1 amide bonds. The van der Waals surface area contributed by atoms with Crippen LogP contribution in [-0.4, -0.2) is 44.1 Å². The van der Waals surface area contributed by atoms with Gasteiger partial charge in [-0.05, 0) is 25.6 Å². The van der Waals surface area contributed by atoms with E-state index in [4.69, 9.17) is 4.74 Å². The van der Waals surface area contributed by atoms with Crippen LogP contribution in [0.25, 0.3) is 0 Å². The van der Waals surface area contributed by atoms with Crippen LogP contribution in [0.2, 0.25) is 0 Å². The summed E-state index contributed by atoms with van der Waals surface area (Å²) in [5.41, 5.74) is 0. The van der Waals surface area contributed by atoms with Crippen molar-refractivity contribution in [2.45, 2.75) is 19.8 Å². The summed E-state index contributed by atoms with van der Waals surface area (Å²) in [6.07, 6.45) is 2.13. The molecule has 0 spiro atoms. The number of para-hydroxylation sites is 1. The molecule has 0 aliphatic carbocycles. The molecule has 0 unspecified atom stereocenters. The van der Waals surface area contributed by atoms with Crippen LogP contribution in [-0.2, 0) is 4.79 Å². The number of nitrogens with zero attached hydrogens (tertiary/aromatic N) is 1. The standard InChI is InChI=1S/C15H24N2O2/c1-3-4-10-16-15(18)13-17(2)11-12-19-14-8-6-5-7-9-14/h5-9H,3-4,10-13H2,1-2H3,(H,16,18). The van der Waals surface area contributed by atoms with E-state index in [2.05, 4.69) is 12.2 Å². The molecule has 1 rings (SSSR count). The molecule has 106 valence electrons. The third-order valence-corrected chi connectivity index (χ3v) is 2.75. The number of hydrogen-bond donors (Lipinski definition) is 1. The molecule has 19 heavy (non-hydrogen) atoms. The average Bonchev–Trinajstić information content (AvgIpc) is 2.40. The van der Waals surface area contributed by atoms with E-state index in [1.165, 1.54) is 0 Å². The van der Waals surface area contributed by atoms with E-state index in [0.29, 0.717) is 13.2 Å². The van der Waals surface area contributed by atoms with Crippen molar-refractivity contribution < 1.29 is 9.53 Å². The molecule has 4 heteroatoms. The van der Waals surface area contributed by atoms with E-state index >= 15 is 0 Å². The van der Waals surface area contributed by atoms with Crippen LogP contribution < -0.4 is 10.1 Å². The Kier molecular flexibility index (Phi) is 7.66. The number of nitrogens with one attached hydrogen (secondary N) is 1. The largest absolute Gasteiger partial charge is 0.492 e. The van der Waals surface area contributed by atoms with Crippen molar-refractivity contribution in [1.29, 1.82) is 0 Å². The van der Waals surface area contributed by atoms with Crippen LogP contribution in [0.1, 0.15) is 19.8 Å². The van der Waals surface area contributed by atoms with E-state index in [0.717, 1.165) is 31.7 Å². The van der Waals surface area contributed by atoms with Gasteiger partial charge in [0.1, 0.15) is 12.4 Å². The summed E-state index contributed by atoms with van der Waals surface area (Å²) in [6.45, 7) is 4.61. The lowest BCUT2D eigenvalue weighted by atomic mass is 10.3. The summed E-state index contributed by atoms with van der Waals surface area (Å²) in [6, 6.07) is 9.70. The first-order valence-electron chi connectivity index (χ1n) is 6.85. The second kappa shape index (κ2) is 9.39. The molecule has 0 saturated heterocycles. The summed E-state index contributed by atoms with van der Waals surface area (Å²) >= 11 is 0. The van der Waals surface area contributed by atoms with Crippen LogP contribution in [0, 0.1) is 0 Å². The normalized spacial score (nSPS) is 10.5. The molecule has 0 aliphatic heterocycles. The predicted octanol–water partition coefficient (Wildman–Crippen LogP) is 1.91. The zero-order valence-corrected chi connectivity index (χ0v) is 11.9. The van der Waals surface area contributed by atoms with Gasteiger partial charge in [-0.1, -0.05) is 31.5 Å². The number of carbonyl (C=O) groups is 1. The molecule has 0 aromatic heterocycles. The lowest BCUT2D eigenvalue weighted by molar-refractivity contribution is -0.122. The molecule has 0 fully saturated rings. The highest BCUT2D eigenvalue weighted by molar-refractivity contribution is 5.77. The minimum absolute atomic E-state index is 0.0793. The van der Waals surface area contributed by atoms with Gasteiger partial charge in [-0.15, -0.1) is 0 Å². The lowest BCUT2D eigenvalue weighted by Gasteiger charge is -2.16. The Bertz CT molecular complexity index is 354. The van der Waals surface area contributed by atoms with Crippen molar-refractivity contribution in [3.8, 4) is 5.75 Å². The number of likely N-dealkylation sites (N-methyl/N-ethyl adjacent to an activating group) is 1. The molecule has 0 bridgehead atoms. The molecule has 0 saturated carbocycles. The molecule has 1 aromatic rings. The molecule has 1 aromatic carbocycles. The van der Waals surface area contributed by atoms with Crippen LogP contribution in [0.15, 0.2) is 30.3 Å². The zero-order valence-electron chi connectivity index (χ0n) is 11.9. The third kappa shape index (κ3) is 7.47. The van der Waals surface area contributed by atoms with Gasteiger partial charge in [0, 0.05) is 13.1 Å². The van der Waals surface area contributed by atoms with E-state index in [1.807, 2.05) is 42.3 Å². The summed E-state index contributed by atoms with van der Waals surface area (Å²) in [7, 11) is 1.92. The van der Waals surface area contributed by atoms with Gasteiger partial charge >= 0.3 is 0 Å². The Hall–Kier alpha value is -1.55. The van der Waals surface area contributed by atoms with Gasteiger partial charge < -0.3 is 10.1 Å². The van der Waals surface area contributed by atoms with E-state index in [1.54, 1.807) is 0 Å². The molecule has 0 heterocycles. The van der Waals surface area contributed by atoms with Gasteiger partial charge in [0.25, 0.3) is 0 Å². The number of unbranched alkanes of at least 4 members (excludes halogenated alkanes) is 1. The van der Waals surface area contributed by atoms with Gasteiger partial charge in [-0.2, -0.15) is 0 Å². The lowest BCUT2D eigenvalue weighted by Crippen LogP contribution is -2.37. The highest BCUT2D eigenvalue weighted by Crippen LogP contribution is 2.07. The Morgan fingerprint density at radius 3 is 2.74 bits per heavy atom. The summed E-state index contributed by atoms with van der Waals surface area (Å²) in [4.78, 5) is 13.5. The van der Waals surface area contributed by atoms with Crippen molar-refractivity contribution in [2.24, 2.45) is 0 Å². The van der Waals surface area contributed by atoms with Crippen molar-refractivity contribution in [1.82, 2.24) is 10.2 Å². The fourth-order valence-electron chi connectivity index (χ4n) is 1.62. The van der Waals surface area contributed by atoms with Crippen LogP contribution >= 0.6 is 0 Å². The summed E-state index contributed by atoms with van der Waals surface area (Å²) < 4.78 is 5.58. The number of hydrogen-bond acceptors (Lipinski definition) is 3. The second-order valence-electron chi connectivity index (χ2n) is 4.60. The highest BCUT2D eigenvalue weighted by atomic mass is 16.5. The maximum absolute atomic E-state index is 11.6. The third-order valence-electron chi connectivity index (χ3n) is 2.75. The Morgan fingerprint density at radius 1 is 1.32 bits per heavy atom. The maximum Gasteiger partial charge on any atom is 0.234 e. The first-order valence-corrected chi connectivity index (χ1v) is 6.85. The average molecular weight is 264 g/mol. The van der Waals surface area contributed by atoms with Crippen LogP contribution in [0.5, 0.6) is 5.75 Å². The molecule has 0 radical (unpaired) electrons. The first-order chi connectivity index (χ1) is 9.22. The van der Waals surface area contributed by atoms with E-state index in [-0.39, 0.29) is 5.91 Å². The van der Waals surface area contributed by atoms with E-state index in [9.17, 15) is 4.79 Å². The monoisotopic (exact) mass is 264 g/mol. The van der Waals surface area contributed by atoms with Gasteiger partial charge in [0.05, 0.1) is 6.54 Å². The predicted molar refractivity (Wildman–Crippen MR) is 77.4 cm³/mol. The van der Waals surface area contributed by atoms with Crippen LogP contribution in [0.4, 0.5) is 0 Å². The fourth-order valence-corrected chi connectivity index (χ4v) is 1.62. The second-order valence-corrected chi connectivity index (χ2v) is 4.60. The van der Waals surface area contributed by atoms with Gasteiger partial charge in [0.2, 0.25) is 5.91 Å². The topological polar surface area (TPSA) is 41.6 Å². The minimum atomic E-state index is 0.0793. The number of rotatable bonds is 9. The van der Waals surface area contributed by atoms with Crippen LogP contribution in [0.3, 0.4) is 0 Å². The van der Waals surface area contributed by atoms with E-state index < -0.39 is 0 Å². The van der Waals surface area contributed by atoms with Gasteiger partial charge in [0.15, 0.2) is 0 Å². The number of benzene rings is 1. The van der Waals surface area contributed by atoms with Crippen molar-refractivity contribution in [3.63, 3.8) is 0 Å². The number of carbonyl (C=O) groups excluding carboxylic acids is 1. The Balaban J connectivity index is 2.10. The first kappa shape index (κ1) is 15.5. The van der Waals surface area contributed by atoms with Gasteiger partial charge in [-0.3, -0.25) is 9.69 Å². The minimum Gasteiger partial charge on any atom is -0.492 e. The molecular formula is C15H24N2O2. The molecule has 0 atom stereocenters. The highest BCUT2D eigenvalue weighted by Gasteiger charge is 2.05. The molecule has 0 aliphatic rings. The Morgan fingerprint density at radius 2 is 2.05 bits per heavy atom. The zero-order chi connectivity index (χ0) is 13.9. The SMILES string of the molecule is CCCCNC(=O)CN(C)CCOc1ccccc1. The summed E-state index contributed by atoms with van der Waals surface area (Å²) in [5, 5.41) is 2.90. The van der Waals surface area contributed by atoms with Crippen molar-refractivity contribution in [3.05, 3.63) is 30.3 Å².